The molecule has 0 radical (unpaired) electrons. The van der Waals surface area contributed by atoms with Gasteiger partial charge in [0.1, 0.15) is 0 Å². The highest BCUT2D eigenvalue weighted by Crippen LogP contribution is 2.31. The molecule has 0 fully saturated rings. The van der Waals surface area contributed by atoms with Crippen LogP contribution >= 0.6 is 0 Å². The highest BCUT2D eigenvalue weighted by atomic mass is 19.4. The average Bonchev–Trinajstić information content (AvgIpc) is 2.83. The van der Waals surface area contributed by atoms with Crippen molar-refractivity contribution < 1.29 is 27.4 Å². The number of hydrogen-bond acceptors (Lipinski definition) is 4. The number of ether oxygens (including phenoxy) is 2. The Bertz CT molecular complexity index is 641. The predicted molar refractivity (Wildman–Crippen MR) is 73.1 cm³/mol. The lowest BCUT2D eigenvalue weighted by Gasteiger charge is -2.06. The molecule has 2 N–H and O–H groups in total. The van der Waals surface area contributed by atoms with Crippen LogP contribution in [0.25, 0.3) is 11.0 Å². The number of rotatable bonds is 5. The third kappa shape index (κ3) is 3.80. The predicted octanol–water partition coefficient (Wildman–Crippen LogP) is 2.86. The molecule has 6 nitrogen and oxygen atoms in total. The zero-order valence-electron chi connectivity index (χ0n) is 11.9. The molecule has 9 heteroatoms. The molecule has 1 amide bonds. The Morgan fingerprint density at radius 1 is 1.27 bits per heavy atom. The number of aromatic amines is 1. The number of nitrogens with one attached hydrogen (secondary N) is 2. The Kier molecular flexibility index (Phi) is 4.43. The van der Waals surface area contributed by atoms with Crippen LogP contribution in [0.2, 0.25) is 0 Å². The fourth-order valence-corrected chi connectivity index (χ4v) is 1.85. The molecule has 1 heterocycles. The summed E-state index contributed by atoms with van der Waals surface area (Å²) in [7, 11) is 2.94. The summed E-state index contributed by atoms with van der Waals surface area (Å²) in [4.78, 5) is 18.3. The molecule has 2 aromatic rings. The van der Waals surface area contributed by atoms with E-state index in [-0.39, 0.29) is 5.95 Å². The van der Waals surface area contributed by atoms with Crippen LogP contribution in [0.15, 0.2) is 12.1 Å². The largest absolute Gasteiger partial charge is 0.493 e. The summed E-state index contributed by atoms with van der Waals surface area (Å²) >= 11 is 0. The van der Waals surface area contributed by atoms with Gasteiger partial charge in [0, 0.05) is 18.6 Å². The molecule has 0 bridgehead atoms. The SMILES string of the molecule is COc1cc2nc(NC(=O)CCC(F)(F)F)[nH]c2cc1OC. The van der Waals surface area contributed by atoms with E-state index >= 15 is 0 Å². The number of benzene rings is 1. The highest BCUT2D eigenvalue weighted by Gasteiger charge is 2.28. The topological polar surface area (TPSA) is 76.2 Å². The standard InChI is InChI=1S/C13H14F3N3O3/c1-21-9-5-7-8(6-10(9)22-2)18-12(17-7)19-11(20)3-4-13(14,15)16/h5-6H,3-4H2,1-2H3,(H2,17,18,19,20). The second-order valence-corrected chi connectivity index (χ2v) is 4.47. The zero-order valence-corrected chi connectivity index (χ0v) is 11.9. The molecule has 22 heavy (non-hydrogen) atoms. The van der Waals surface area contributed by atoms with Crippen molar-refractivity contribution in [1.82, 2.24) is 9.97 Å². The lowest BCUT2D eigenvalue weighted by molar-refractivity contribution is -0.142. The van der Waals surface area contributed by atoms with Gasteiger partial charge in [-0.3, -0.25) is 10.1 Å². The minimum atomic E-state index is -4.37. The Labute approximate surface area is 123 Å². The summed E-state index contributed by atoms with van der Waals surface area (Å²) in [6, 6.07) is 3.21. The Balaban J connectivity index is 2.14. The summed E-state index contributed by atoms with van der Waals surface area (Å²) in [6.45, 7) is 0. The highest BCUT2D eigenvalue weighted by molar-refractivity contribution is 5.91. The third-order valence-electron chi connectivity index (χ3n) is 2.88. The molecule has 0 saturated carbocycles. The number of amides is 1. The monoisotopic (exact) mass is 317 g/mol. The van der Waals surface area contributed by atoms with Gasteiger partial charge < -0.3 is 14.5 Å². The first-order chi connectivity index (χ1) is 10.3. The van der Waals surface area contributed by atoms with Crippen molar-refractivity contribution in [2.24, 2.45) is 0 Å². The van der Waals surface area contributed by atoms with Crippen LogP contribution < -0.4 is 14.8 Å². The van der Waals surface area contributed by atoms with Gasteiger partial charge in [0.15, 0.2) is 11.5 Å². The summed E-state index contributed by atoms with van der Waals surface area (Å²) in [5, 5.41) is 2.29. The Hall–Kier alpha value is -2.45. The number of carbonyl (C=O) groups is 1. The minimum absolute atomic E-state index is 0.0671. The number of anilines is 1. The number of methoxy groups -OCH3 is 2. The maximum atomic E-state index is 12.1. The van der Waals surface area contributed by atoms with Gasteiger partial charge in [-0.25, -0.2) is 4.98 Å². The van der Waals surface area contributed by atoms with E-state index in [4.69, 9.17) is 9.47 Å². The molecule has 0 aliphatic heterocycles. The molecule has 0 atom stereocenters. The number of imidazole rings is 1. The smallest absolute Gasteiger partial charge is 0.389 e. The van der Waals surface area contributed by atoms with Gasteiger partial charge in [-0.1, -0.05) is 0 Å². The number of carbonyl (C=O) groups excluding carboxylic acids is 1. The van der Waals surface area contributed by atoms with Crippen LogP contribution in [0.5, 0.6) is 11.5 Å². The zero-order chi connectivity index (χ0) is 16.3. The number of nitrogens with zero attached hydrogens (tertiary/aromatic N) is 1. The van der Waals surface area contributed by atoms with Crippen LogP contribution in [0.3, 0.4) is 0 Å². The average molecular weight is 317 g/mol. The van der Waals surface area contributed by atoms with Gasteiger partial charge in [0.25, 0.3) is 0 Å². The number of H-pyrrole nitrogens is 1. The molecule has 0 saturated heterocycles. The normalized spacial score (nSPS) is 11.5. The van der Waals surface area contributed by atoms with Crippen LogP contribution in [0.1, 0.15) is 12.8 Å². The molecular weight excluding hydrogens is 303 g/mol. The second-order valence-electron chi connectivity index (χ2n) is 4.47. The third-order valence-corrected chi connectivity index (χ3v) is 2.88. The van der Waals surface area contributed by atoms with Gasteiger partial charge >= 0.3 is 6.18 Å². The van der Waals surface area contributed by atoms with Gasteiger partial charge in [0.2, 0.25) is 11.9 Å². The summed E-state index contributed by atoms with van der Waals surface area (Å²) in [6.07, 6.45) is -6.21. The van der Waals surface area contributed by atoms with Crippen molar-refractivity contribution in [2.75, 3.05) is 19.5 Å². The molecule has 0 unspecified atom stereocenters. The molecule has 0 aliphatic carbocycles. The maximum Gasteiger partial charge on any atom is 0.389 e. The first kappa shape index (κ1) is 15.9. The number of halogens is 3. The van der Waals surface area contributed by atoms with Crippen LogP contribution in [-0.2, 0) is 4.79 Å². The lowest BCUT2D eigenvalue weighted by Crippen LogP contribution is -2.17. The Morgan fingerprint density at radius 3 is 2.50 bits per heavy atom. The maximum absolute atomic E-state index is 12.1. The van der Waals surface area contributed by atoms with Crippen LogP contribution in [0.4, 0.5) is 19.1 Å². The molecule has 0 spiro atoms. The fraction of sp³-hybridized carbons (Fsp3) is 0.385. The van der Waals surface area contributed by atoms with Crippen molar-refractivity contribution in [1.29, 1.82) is 0 Å². The lowest BCUT2D eigenvalue weighted by atomic mass is 10.3. The van der Waals surface area contributed by atoms with Crippen molar-refractivity contribution in [2.45, 2.75) is 19.0 Å². The van der Waals surface area contributed by atoms with Gasteiger partial charge in [0.05, 0.1) is 31.7 Å². The minimum Gasteiger partial charge on any atom is -0.493 e. The van der Waals surface area contributed by atoms with E-state index in [2.05, 4.69) is 15.3 Å². The number of fused-ring (bicyclic) bond motifs is 1. The van der Waals surface area contributed by atoms with Gasteiger partial charge in [-0.05, 0) is 0 Å². The summed E-state index contributed by atoms with van der Waals surface area (Å²) in [5.74, 6) is 0.220. The molecule has 120 valence electrons. The Morgan fingerprint density at radius 2 is 1.91 bits per heavy atom. The van der Waals surface area contributed by atoms with E-state index in [1.165, 1.54) is 14.2 Å². The number of alkyl halides is 3. The van der Waals surface area contributed by atoms with E-state index in [0.29, 0.717) is 22.5 Å². The van der Waals surface area contributed by atoms with Gasteiger partial charge in [-0.2, -0.15) is 13.2 Å². The molecule has 2 rings (SSSR count). The quantitative estimate of drug-likeness (QED) is 0.889. The van der Waals surface area contributed by atoms with Crippen molar-refractivity contribution >= 4 is 22.9 Å². The van der Waals surface area contributed by atoms with E-state index in [1.54, 1.807) is 12.1 Å². The van der Waals surface area contributed by atoms with E-state index in [0.717, 1.165) is 0 Å². The molecular formula is C13H14F3N3O3. The second kappa shape index (κ2) is 6.12. The molecule has 1 aromatic carbocycles. The van der Waals surface area contributed by atoms with Crippen LogP contribution in [0, 0.1) is 0 Å². The fourth-order valence-electron chi connectivity index (χ4n) is 1.85. The van der Waals surface area contributed by atoms with Crippen LogP contribution in [-0.4, -0.2) is 36.3 Å². The van der Waals surface area contributed by atoms with E-state index in [9.17, 15) is 18.0 Å². The summed E-state index contributed by atoms with van der Waals surface area (Å²) < 4.78 is 46.4. The van der Waals surface area contributed by atoms with Crippen molar-refractivity contribution in [3.05, 3.63) is 12.1 Å². The van der Waals surface area contributed by atoms with E-state index < -0.39 is 24.9 Å². The molecule has 0 aliphatic rings. The van der Waals surface area contributed by atoms with Crippen molar-refractivity contribution in [3.63, 3.8) is 0 Å². The first-order valence-corrected chi connectivity index (χ1v) is 6.30. The van der Waals surface area contributed by atoms with E-state index in [1.807, 2.05) is 0 Å². The number of hydrogen-bond donors (Lipinski definition) is 2. The number of aromatic nitrogens is 2. The van der Waals surface area contributed by atoms with Crippen molar-refractivity contribution in [3.8, 4) is 11.5 Å². The van der Waals surface area contributed by atoms with Gasteiger partial charge in [-0.15, -0.1) is 0 Å². The summed E-state index contributed by atoms with van der Waals surface area (Å²) in [5.41, 5.74) is 1.05. The molecule has 1 aromatic heterocycles. The first-order valence-electron chi connectivity index (χ1n) is 6.30.